The number of hydrogen-bond donors (Lipinski definition) is 2. The Kier molecular flexibility index (Phi) is 7.62. The largest absolute Gasteiger partial charge is 0.496 e. The Hall–Kier alpha value is -3.75. The second-order valence-corrected chi connectivity index (χ2v) is 6.28. The molecule has 0 aliphatic rings. The van der Waals surface area contributed by atoms with Crippen LogP contribution in [0.2, 0.25) is 0 Å². The Labute approximate surface area is 174 Å². The lowest BCUT2D eigenvalue weighted by Gasteiger charge is -2.13. The van der Waals surface area contributed by atoms with Crippen molar-refractivity contribution in [3.05, 3.63) is 47.0 Å². The number of imide groups is 1. The lowest BCUT2D eigenvalue weighted by molar-refractivity contribution is -0.123. The van der Waals surface area contributed by atoms with Crippen LogP contribution in [0.4, 0.5) is 10.5 Å². The zero-order chi connectivity index (χ0) is 22.3. The van der Waals surface area contributed by atoms with E-state index >= 15 is 0 Å². The Morgan fingerprint density at radius 2 is 1.47 bits per heavy atom. The molecule has 160 valence electrons. The third-order valence-corrected chi connectivity index (χ3v) is 4.28. The summed E-state index contributed by atoms with van der Waals surface area (Å²) >= 11 is 0. The van der Waals surface area contributed by atoms with E-state index < -0.39 is 24.5 Å². The predicted octanol–water partition coefficient (Wildman–Crippen LogP) is 2.83. The Morgan fingerprint density at radius 1 is 0.833 bits per heavy atom. The highest BCUT2D eigenvalue weighted by atomic mass is 16.5. The monoisotopic (exact) mass is 416 g/mol. The molecule has 9 nitrogen and oxygen atoms in total. The number of amides is 3. The zero-order valence-electron chi connectivity index (χ0n) is 17.5. The van der Waals surface area contributed by atoms with E-state index in [9.17, 15) is 14.4 Å². The first-order valence-electron chi connectivity index (χ1n) is 8.94. The molecule has 0 fully saturated rings. The van der Waals surface area contributed by atoms with E-state index in [1.54, 1.807) is 12.1 Å². The number of aryl methyl sites for hydroxylation is 2. The lowest BCUT2D eigenvalue weighted by Crippen LogP contribution is -2.37. The first-order chi connectivity index (χ1) is 14.3. The molecule has 0 heterocycles. The molecule has 2 N–H and O–H groups in total. The number of esters is 1. The van der Waals surface area contributed by atoms with E-state index in [4.69, 9.17) is 18.9 Å². The van der Waals surface area contributed by atoms with Gasteiger partial charge in [-0.15, -0.1) is 0 Å². The first kappa shape index (κ1) is 22.5. The molecule has 0 atom stereocenters. The molecule has 0 saturated heterocycles. The van der Waals surface area contributed by atoms with E-state index in [0.717, 1.165) is 11.1 Å². The van der Waals surface area contributed by atoms with Gasteiger partial charge in [0.05, 0.1) is 21.3 Å². The summed E-state index contributed by atoms with van der Waals surface area (Å²) in [7, 11) is 4.24. The maximum absolute atomic E-state index is 12.4. The maximum Gasteiger partial charge on any atom is 0.342 e. The number of urea groups is 1. The lowest BCUT2D eigenvalue weighted by atomic mass is 10.1. The minimum absolute atomic E-state index is 0.0440. The average Bonchev–Trinajstić information content (AvgIpc) is 2.73. The molecule has 0 unspecified atom stereocenters. The van der Waals surface area contributed by atoms with E-state index in [1.807, 2.05) is 19.9 Å². The van der Waals surface area contributed by atoms with Gasteiger partial charge in [-0.05, 0) is 37.1 Å². The van der Waals surface area contributed by atoms with Crippen LogP contribution in [0.3, 0.4) is 0 Å². The average molecular weight is 416 g/mol. The summed E-state index contributed by atoms with van der Waals surface area (Å²) < 4.78 is 20.5. The molecule has 0 bridgehead atoms. The van der Waals surface area contributed by atoms with Crippen LogP contribution in [-0.2, 0) is 9.53 Å². The van der Waals surface area contributed by atoms with Crippen LogP contribution in [0.1, 0.15) is 21.5 Å². The molecule has 3 amide bonds. The van der Waals surface area contributed by atoms with Crippen molar-refractivity contribution in [2.24, 2.45) is 0 Å². The van der Waals surface area contributed by atoms with E-state index in [1.165, 1.54) is 33.5 Å². The van der Waals surface area contributed by atoms with Crippen molar-refractivity contribution >= 4 is 23.6 Å². The van der Waals surface area contributed by atoms with Gasteiger partial charge in [0.15, 0.2) is 18.1 Å². The van der Waals surface area contributed by atoms with Gasteiger partial charge in [-0.3, -0.25) is 10.1 Å². The topological polar surface area (TPSA) is 112 Å². The summed E-state index contributed by atoms with van der Waals surface area (Å²) in [5.74, 6) is -0.763. The van der Waals surface area contributed by atoms with Gasteiger partial charge in [-0.1, -0.05) is 6.07 Å². The molecule has 0 aliphatic heterocycles. The fraction of sp³-hybridized carbons (Fsp3) is 0.286. The van der Waals surface area contributed by atoms with Gasteiger partial charge in [0.25, 0.3) is 5.91 Å². The summed E-state index contributed by atoms with van der Waals surface area (Å²) in [4.78, 5) is 36.3. The van der Waals surface area contributed by atoms with Gasteiger partial charge in [-0.2, -0.15) is 0 Å². The van der Waals surface area contributed by atoms with Crippen molar-refractivity contribution in [2.45, 2.75) is 13.8 Å². The van der Waals surface area contributed by atoms with E-state index in [0.29, 0.717) is 17.2 Å². The SMILES string of the molecule is COc1cc(OC)c(C(=O)OCC(=O)NC(=O)Nc2ccc(C)c(C)c2)cc1OC. The number of ether oxygens (including phenoxy) is 4. The smallest absolute Gasteiger partial charge is 0.342 e. The van der Waals surface area contributed by atoms with E-state index in [2.05, 4.69) is 10.6 Å². The summed E-state index contributed by atoms with van der Waals surface area (Å²) in [6, 6.07) is 7.46. The number of carbonyl (C=O) groups is 3. The van der Waals surface area contributed by atoms with Crippen LogP contribution in [-0.4, -0.2) is 45.8 Å². The number of carbonyl (C=O) groups excluding carboxylic acids is 3. The van der Waals surface area contributed by atoms with Crippen LogP contribution >= 0.6 is 0 Å². The second kappa shape index (κ2) is 10.1. The fourth-order valence-electron chi connectivity index (χ4n) is 2.54. The van der Waals surface area contributed by atoms with Gasteiger partial charge >= 0.3 is 12.0 Å². The predicted molar refractivity (Wildman–Crippen MR) is 109 cm³/mol. The summed E-state index contributed by atoms with van der Waals surface area (Å²) in [6.45, 7) is 3.20. The van der Waals surface area contributed by atoms with Gasteiger partial charge in [0.2, 0.25) is 0 Å². The van der Waals surface area contributed by atoms with Crippen LogP contribution < -0.4 is 24.8 Å². The summed E-state index contributed by atoms with van der Waals surface area (Å²) in [5.41, 5.74) is 2.66. The molecule has 2 rings (SSSR count). The minimum Gasteiger partial charge on any atom is -0.496 e. The third-order valence-electron chi connectivity index (χ3n) is 4.28. The third kappa shape index (κ3) is 5.63. The highest BCUT2D eigenvalue weighted by molar-refractivity contribution is 6.02. The van der Waals surface area contributed by atoms with Crippen LogP contribution in [0, 0.1) is 13.8 Å². The van der Waals surface area contributed by atoms with Gasteiger partial charge < -0.3 is 24.3 Å². The normalized spacial score (nSPS) is 10.0. The summed E-state index contributed by atoms with van der Waals surface area (Å²) in [6.07, 6.45) is 0. The first-order valence-corrected chi connectivity index (χ1v) is 8.94. The number of anilines is 1. The van der Waals surface area contributed by atoms with Crippen molar-refractivity contribution in [1.29, 1.82) is 0 Å². The highest BCUT2D eigenvalue weighted by Gasteiger charge is 2.20. The van der Waals surface area contributed by atoms with Crippen molar-refractivity contribution in [3.8, 4) is 17.2 Å². The molecule has 2 aromatic rings. The number of hydrogen-bond acceptors (Lipinski definition) is 7. The van der Waals surface area contributed by atoms with Crippen LogP contribution in [0.25, 0.3) is 0 Å². The fourth-order valence-corrected chi connectivity index (χ4v) is 2.54. The Morgan fingerprint density at radius 3 is 2.07 bits per heavy atom. The highest BCUT2D eigenvalue weighted by Crippen LogP contribution is 2.34. The quantitative estimate of drug-likeness (QED) is 0.668. The molecule has 0 aromatic heterocycles. The number of rotatable bonds is 7. The minimum atomic E-state index is -0.822. The number of methoxy groups -OCH3 is 3. The molecule has 9 heteroatoms. The molecule has 0 aliphatic carbocycles. The van der Waals surface area contributed by atoms with Crippen molar-refractivity contribution in [2.75, 3.05) is 33.3 Å². The van der Waals surface area contributed by atoms with E-state index in [-0.39, 0.29) is 11.3 Å². The van der Waals surface area contributed by atoms with Gasteiger partial charge in [0.1, 0.15) is 11.3 Å². The van der Waals surface area contributed by atoms with Crippen LogP contribution in [0.15, 0.2) is 30.3 Å². The molecule has 30 heavy (non-hydrogen) atoms. The molecule has 0 saturated carbocycles. The maximum atomic E-state index is 12.4. The molecule has 0 spiro atoms. The van der Waals surface area contributed by atoms with Gasteiger partial charge in [-0.25, -0.2) is 9.59 Å². The van der Waals surface area contributed by atoms with Crippen molar-refractivity contribution < 1.29 is 33.3 Å². The summed E-state index contributed by atoms with van der Waals surface area (Å²) in [5, 5.41) is 4.64. The molecular formula is C21H24N2O7. The molecule has 0 radical (unpaired) electrons. The Balaban J connectivity index is 1.96. The molecule has 2 aromatic carbocycles. The second-order valence-electron chi connectivity index (χ2n) is 6.28. The standard InChI is InChI=1S/C21H24N2O7/c1-12-6-7-14(8-13(12)2)22-21(26)23-19(24)11-30-20(25)15-9-17(28-4)18(29-5)10-16(15)27-3/h6-10H,11H2,1-5H3,(H2,22,23,24,26). The molecular weight excluding hydrogens is 392 g/mol. The number of benzene rings is 2. The Bertz CT molecular complexity index is 957. The van der Waals surface area contributed by atoms with Crippen molar-refractivity contribution in [3.63, 3.8) is 0 Å². The van der Waals surface area contributed by atoms with Crippen LogP contribution in [0.5, 0.6) is 17.2 Å². The van der Waals surface area contributed by atoms with Crippen molar-refractivity contribution in [1.82, 2.24) is 5.32 Å². The van der Waals surface area contributed by atoms with Gasteiger partial charge in [0, 0.05) is 17.8 Å². The number of nitrogens with one attached hydrogen (secondary N) is 2. The zero-order valence-corrected chi connectivity index (χ0v) is 17.5.